The van der Waals surface area contributed by atoms with Gasteiger partial charge in [0.05, 0.1) is 25.2 Å². The molecule has 23 heavy (non-hydrogen) atoms. The first-order chi connectivity index (χ1) is 10.9. The van der Waals surface area contributed by atoms with Crippen molar-refractivity contribution in [3.63, 3.8) is 0 Å². The predicted molar refractivity (Wildman–Crippen MR) is 87.0 cm³/mol. The monoisotopic (exact) mass is 342 g/mol. The Hall–Kier alpha value is -1.87. The summed E-state index contributed by atoms with van der Waals surface area (Å²) >= 11 is 0. The van der Waals surface area contributed by atoms with Crippen LogP contribution in [0.1, 0.15) is 12.8 Å². The first kappa shape index (κ1) is 17.5. The molecule has 0 aromatic carbocycles. The van der Waals surface area contributed by atoms with E-state index in [4.69, 9.17) is 4.74 Å². The van der Waals surface area contributed by atoms with Crippen LogP contribution in [-0.2, 0) is 10.0 Å². The van der Waals surface area contributed by atoms with Crippen LogP contribution in [0.4, 0.5) is 10.5 Å². The molecule has 8 nitrogen and oxygen atoms in total. The third-order valence-electron chi connectivity index (χ3n) is 3.64. The largest absolute Gasteiger partial charge is 0.481 e. The van der Waals surface area contributed by atoms with Crippen molar-refractivity contribution in [2.24, 2.45) is 5.92 Å². The number of nitrogens with zero attached hydrogens (tertiary/aromatic N) is 2. The zero-order chi connectivity index (χ0) is 16.9. The van der Waals surface area contributed by atoms with Crippen LogP contribution in [0.15, 0.2) is 18.3 Å². The van der Waals surface area contributed by atoms with E-state index < -0.39 is 10.0 Å². The van der Waals surface area contributed by atoms with E-state index >= 15 is 0 Å². The molecule has 1 aliphatic rings. The van der Waals surface area contributed by atoms with Crippen molar-refractivity contribution in [1.82, 2.24) is 14.6 Å². The number of likely N-dealkylation sites (tertiary alicyclic amines) is 1. The molecule has 9 heteroatoms. The van der Waals surface area contributed by atoms with E-state index in [1.54, 1.807) is 17.0 Å². The van der Waals surface area contributed by atoms with Crippen LogP contribution in [0.25, 0.3) is 0 Å². The number of carbonyl (C=O) groups excluding carboxylic acids is 1. The fourth-order valence-electron chi connectivity index (χ4n) is 2.46. The van der Waals surface area contributed by atoms with E-state index in [1.807, 2.05) is 0 Å². The fraction of sp³-hybridized carbons (Fsp3) is 0.571. The molecule has 0 bridgehead atoms. The van der Waals surface area contributed by atoms with E-state index in [2.05, 4.69) is 15.0 Å². The van der Waals surface area contributed by atoms with Crippen molar-refractivity contribution >= 4 is 21.7 Å². The summed E-state index contributed by atoms with van der Waals surface area (Å²) in [6, 6.07) is 3.18. The van der Waals surface area contributed by atoms with E-state index in [-0.39, 0.29) is 11.9 Å². The lowest BCUT2D eigenvalue weighted by Gasteiger charge is -2.32. The lowest BCUT2D eigenvalue weighted by atomic mass is 9.99. The number of pyridine rings is 1. The molecular formula is C14H22N4O4S. The second-order valence-electron chi connectivity index (χ2n) is 5.59. The highest BCUT2D eigenvalue weighted by molar-refractivity contribution is 7.88. The number of hydrogen-bond donors (Lipinski definition) is 2. The van der Waals surface area contributed by atoms with Crippen LogP contribution in [0.5, 0.6) is 5.88 Å². The zero-order valence-electron chi connectivity index (χ0n) is 13.3. The lowest BCUT2D eigenvalue weighted by Crippen LogP contribution is -2.45. The Morgan fingerprint density at radius 3 is 2.87 bits per heavy atom. The highest BCUT2D eigenvalue weighted by Gasteiger charge is 2.24. The van der Waals surface area contributed by atoms with Crippen molar-refractivity contribution in [1.29, 1.82) is 0 Å². The van der Waals surface area contributed by atoms with E-state index in [9.17, 15) is 13.2 Å². The Labute approximate surface area is 136 Å². The Morgan fingerprint density at radius 2 is 2.26 bits per heavy atom. The summed E-state index contributed by atoms with van der Waals surface area (Å²) in [6.45, 7) is 1.54. The molecular weight excluding hydrogens is 320 g/mol. The molecule has 1 aromatic heterocycles. The average molecular weight is 342 g/mol. The van der Waals surface area contributed by atoms with Crippen LogP contribution in [0, 0.1) is 5.92 Å². The standard InChI is InChI=1S/C14H22N4O4S/c1-22-13-6-5-12(9-15-13)17-14(19)18-7-3-4-11(10-18)8-16-23(2,20)21/h5-6,9,11,16H,3-4,7-8,10H2,1-2H3,(H,17,19)/t11-/m1/s1. The second kappa shape index (κ2) is 7.60. The molecule has 128 valence electrons. The SMILES string of the molecule is COc1ccc(NC(=O)N2CCC[C@H](CNS(C)(=O)=O)C2)cn1. The number of rotatable bonds is 5. The van der Waals surface area contributed by atoms with Gasteiger partial charge in [-0.3, -0.25) is 0 Å². The Morgan fingerprint density at radius 1 is 1.48 bits per heavy atom. The van der Waals surface area contributed by atoms with Gasteiger partial charge >= 0.3 is 6.03 Å². The number of ether oxygens (including phenoxy) is 1. The van der Waals surface area contributed by atoms with Gasteiger partial charge in [0.15, 0.2) is 0 Å². The summed E-state index contributed by atoms with van der Waals surface area (Å²) in [4.78, 5) is 18.0. The van der Waals surface area contributed by atoms with Gasteiger partial charge in [0.25, 0.3) is 0 Å². The maximum absolute atomic E-state index is 12.3. The Balaban J connectivity index is 1.88. The van der Waals surface area contributed by atoms with Gasteiger partial charge in [-0.15, -0.1) is 0 Å². The summed E-state index contributed by atoms with van der Waals surface area (Å²) in [6.07, 6.45) is 4.42. The second-order valence-corrected chi connectivity index (χ2v) is 7.43. The minimum absolute atomic E-state index is 0.123. The molecule has 0 unspecified atom stereocenters. The van der Waals surface area contributed by atoms with Gasteiger partial charge in [0.1, 0.15) is 0 Å². The van der Waals surface area contributed by atoms with Crippen LogP contribution >= 0.6 is 0 Å². The summed E-state index contributed by atoms with van der Waals surface area (Å²) in [7, 11) is -1.68. The molecule has 0 spiro atoms. The van der Waals surface area contributed by atoms with Gasteiger partial charge in [-0.2, -0.15) is 0 Å². The van der Waals surface area contributed by atoms with Crippen LogP contribution in [0.3, 0.4) is 0 Å². The molecule has 1 aliphatic heterocycles. The molecule has 1 saturated heterocycles. The summed E-state index contributed by atoms with van der Waals surface area (Å²) in [5.74, 6) is 0.603. The number of amides is 2. The van der Waals surface area contributed by atoms with Gasteiger partial charge in [-0.1, -0.05) is 0 Å². The summed E-state index contributed by atoms with van der Waals surface area (Å²) in [5, 5.41) is 2.79. The molecule has 1 aromatic rings. The van der Waals surface area contributed by atoms with Gasteiger partial charge in [-0.05, 0) is 24.8 Å². The lowest BCUT2D eigenvalue weighted by molar-refractivity contribution is 0.178. The van der Waals surface area contributed by atoms with Gasteiger partial charge in [0.2, 0.25) is 15.9 Å². The zero-order valence-corrected chi connectivity index (χ0v) is 14.1. The van der Waals surface area contributed by atoms with E-state index in [0.29, 0.717) is 31.2 Å². The van der Waals surface area contributed by atoms with E-state index in [0.717, 1.165) is 19.1 Å². The van der Waals surface area contributed by atoms with Crippen molar-refractivity contribution in [3.8, 4) is 5.88 Å². The number of piperidine rings is 1. The highest BCUT2D eigenvalue weighted by atomic mass is 32.2. The minimum atomic E-state index is -3.21. The quantitative estimate of drug-likeness (QED) is 0.827. The Kier molecular flexibility index (Phi) is 5.78. The molecule has 1 fully saturated rings. The maximum Gasteiger partial charge on any atom is 0.321 e. The highest BCUT2D eigenvalue weighted by Crippen LogP contribution is 2.18. The predicted octanol–water partition coefficient (Wildman–Crippen LogP) is 0.883. The molecule has 2 rings (SSSR count). The molecule has 0 saturated carbocycles. The van der Waals surface area contributed by atoms with Crippen LogP contribution in [0.2, 0.25) is 0 Å². The van der Waals surface area contributed by atoms with Gasteiger partial charge in [-0.25, -0.2) is 22.9 Å². The topological polar surface area (TPSA) is 101 Å². The first-order valence-electron chi connectivity index (χ1n) is 7.38. The van der Waals surface area contributed by atoms with Gasteiger partial charge < -0.3 is 15.0 Å². The fourth-order valence-corrected chi connectivity index (χ4v) is 3.00. The number of sulfonamides is 1. The van der Waals surface area contributed by atoms with Crippen LogP contribution < -0.4 is 14.8 Å². The number of urea groups is 1. The molecule has 1 atom stereocenters. The van der Waals surface area contributed by atoms with Crippen molar-refractivity contribution in [2.75, 3.05) is 38.3 Å². The van der Waals surface area contributed by atoms with Crippen molar-refractivity contribution in [3.05, 3.63) is 18.3 Å². The number of aromatic nitrogens is 1. The number of nitrogens with one attached hydrogen (secondary N) is 2. The number of anilines is 1. The average Bonchev–Trinajstić information content (AvgIpc) is 2.53. The van der Waals surface area contributed by atoms with Crippen molar-refractivity contribution in [2.45, 2.75) is 12.8 Å². The first-order valence-corrected chi connectivity index (χ1v) is 9.27. The van der Waals surface area contributed by atoms with E-state index in [1.165, 1.54) is 13.3 Å². The molecule has 0 aliphatic carbocycles. The number of hydrogen-bond acceptors (Lipinski definition) is 5. The molecule has 0 radical (unpaired) electrons. The van der Waals surface area contributed by atoms with Crippen molar-refractivity contribution < 1.29 is 17.9 Å². The minimum Gasteiger partial charge on any atom is -0.481 e. The molecule has 2 heterocycles. The normalized spacial score (nSPS) is 18.5. The summed E-state index contributed by atoms with van der Waals surface area (Å²) < 4.78 is 29.8. The summed E-state index contributed by atoms with van der Waals surface area (Å²) in [5.41, 5.74) is 0.590. The smallest absolute Gasteiger partial charge is 0.321 e. The van der Waals surface area contributed by atoms with Gasteiger partial charge in [0, 0.05) is 25.7 Å². The van der Waals surface area contributed by atoms with Crippen LogP contribution in [-0.4, -0.2) is 57.3 Å². The maximum atomic E-state index is 12.3. The number of methoxy groups -OCH3 is 1. The molecule has 2 amide bonds. The third kappa shape index (κ3) is 5.68. The number of carbonyl (C=O) groups is 1. The molecule has 2 N–H and O–H groups in total. The third-order valence-corrected chi connectivity index (χ3v) is 4.33. The Bertz CT molecular complexity index is 633.